The Morgan fingerprint density at radius 3 is 2.50 bits per heavy atom. The van der Waals surface area contributed by atoms with Crippen LogP contribution >= 0.6 is 12.4 Å². The van der Waals surface area contributed by atoms with Crippen LogP contribution in [0.2, 0.25) is 0 Å². The highest BCUT2D eigenvalue weighted by Crippen LogP contribution is 2.17. The maximum absolute atomic E-state index is 11.8. The lowest BCUT2D eigenvalue weighted by atomic mass is 9.90. The van der Waals surface area contributed by atoms with E-state index in [2.05, 4.69) is 10.6 Å². The number of carbonyl (C=O) groups excluding carboxylic acids is 1. The van der Waals surface area contributed by atoms with Gasteiger partial charge in [-0.05, 0) is 37.4 Å². The minimum absolute atomic E-state index is 0. The van der Waals surface area contributed by atoms with Gasteiger partial charge in [0, 0.05) is 0 Å². The molecule has 1 aliphatic heterocycles. The van der Waals surface area contributed by atoms with Crippen LogP contribution in [-0.4, -0.2) is 36.3 Å². The number of rotatable bonds is 5. The number of benzene rings is 1. The average molecular weight is 329 g/mol. The van der Waals surface area contributed by atoms with Crippen molar-refractivity contribution >= 4 is 24.5 Å². The Hall–Kier alpha value is -1.79. The van der Waals surface area contributed by atoms with Crippen molar-refractivity contribution in [2.24, 2.45) is 5.92 Å². The normalized spacial score (nSPS) is 16.2. The summed E-state index contributed by atoms with van der Waals surface area (Å²) in [5, 5.41) is 14.9. The summed E-state index contributed by atoms with van der Waals surface area (Å²) in [5.41, 5.74) is 0.862. The number of carboxylic acid groups (broad SMARTS) is 1. The Balaban J connectivity index is 0.00000242. The summed E-state index contributed by atoms with van der Waals surface area (Å²) in [6.45, 7) is 1.68. The first-order valence-corrected chi connectivity index (χ1v) is 7.07. The molecule has 1 aliphatic rings. The van der Waals surface area contributed by atoms with E-state index in [4.69, 9.17) is 4.74 Å². The van der Waals surface area contributed by atoms with Crippen molar-refractivity contribution in [2.45, 2.75) is 25.5 Å². The molecular formula is C15H21ClN2O4. The number of hydrogen-bond acceptors (Lipinski definition) is 4. The molecule has 1 atom stereocenters. The third kappa shape index (κ3) is 5.54. The van der Waals surface area contributed by atoms with E-state index >= 15 is 0 Å². The smallest absolute Gasteiger partial charge is 0.408 e. The molecule has 1 saturated heterocycles. The zero-order chi connectivity index (χ0) is 15.1. The van der Waals surface area contributed by atoms with Crippen LogP contribution in [-0.2, 0) is 16.1 Å². The zero-order valence-corrected chi connectivity index (χ0v) is 13.0. The molecule has 1 aromatic rings. The molecule has 6 nitrogen and oxygen atoms in total. The third-order valence-corrected chi connectivity index (χ3v) is 3.61. The molecular weight excluding hydrogens is 308 g/mol. The number of aliphatic carboxylic acids is 1. The molecule has 1 heterocycles. The summed E-state index contributed by atoms with van der Waals surface area (Å²) >= 11 is 0. The number of amides is 1. The first kappa shape index (κ1) is 18.3. The molecule has 2 rings (SSSR count). The molecule has 0 radical (unpaired) electrons. The fraction of sp³-hybridized carbons (Fsp3) is 0.467. The predicted octanol–water partition coefficient (Wildman–Crippen LogP) is 1.79. The van der Waals surface area contributed by atoms with Gasteiger partial charge in [0.2, 0.25) is 0 Å². The number of ether oxygens (including phenoxy) is 1. The minimum Gasteiger partial charge on any atom is -0.480 e. The second-order valence-corrected chi connectivity index (χ2v) is 5.11. The number of halogens is 1. The molecule has 0 aromatic heterocycles. The molecule has 1 aromatic carbocycles. The summed E-state index contributed by atoms with van der Waals surface area (Å²) < 4.78 is 5.07. The second-order valence-electron chi connectivity index (χ2n) is 5.11. The van der Waals surface area contributed by atoms with Crippen LogP contribution in [0.4, 0.5) is 4.79 Å². The quantitative estimate of drug-likeness (QED) is 0.767. The standard InChI is InChI=1S/C15H20N2O4.ClH/c18-14(19)13(12-6-8-16-9-7-12)17-15(20)21-10-11-4-2-1-3-5-11;/h1-5,12-13,16H,6-10H2,(H,17,20)(H,18,19);1H/t13-;/m1./s1. The van der Waals surface area contributed by atoms with Crippen molar-refractivity contribution in [3.8, 4) is 0 Å². The predicted molar refractivity (Wildman–Crippen MR) is 84.0 cm³/mol. The number of hydrogen-bond donors (Lipinski definition) is 3. The van der Waals surface area contributed by atoms with E-state index in [0.29, 0.717) is 0 Å². The highest BCUT2D eigenvalue weighted by Gasteiger charge is 2.31. The maximum atomic E-state index is 11.8. The van der Waals surface area contributed by atoms with Crippen LogP contribution in [0.5, 0.6) is 0 Å². The van der Waals surface area contributed by atoms with E-state index in [0.717, 1.165) is 31.5 Å². The van der Waals surface area contributed by atoms with Gasteiger partial charge in [-0.25, -0.2) is 9.59 Å². The van der Waals surface area contributed by atoms with Gasteiger partial charge in [-0.15, -0.1) is 12.4 Å². The van der Waals surface area contributed by atoms with Crippen molar-refractivity contribution in [1.82, 2.24) is 10.6 Å². The third-order valence-electron chi connectivity index (χ3n) is 3.61. The van der Waals surface area contributed by atoms with E-state index in [-0.39, 0.29) is 24.9 Å². The van der Waals surface area contributed by atoms with Gasteiger partial charge in [-0.3, -0.25) is 0 Å². The molecule has 1 amide bonds. The summed E-state index contributed by atoms with van der Waals surface area (Å²) in [6.07, 6.45) is 0.774. The molecule has 22 heavy (non-hydrogen) atoms. The van der Waals surface area contributed by atoms with E-state index in [1.165, 1.54) is 0 Å². The molecule has 0 bridgehead atoms. The van der Waals surface area contributed by atoms with Gasteiger partial charge >= 0.3 is 12.1 Å². The van der Waals surface area contributed by atoms with Crippen LogP contribution in [0, 0.1) is 5.92 Å². The van der Waals surface area contributed by atoms with Gasteiger partial charge in [0.15, 0.2) is 0 Å². The Kier molecular flexibility index (Phi) is 7.70. The van der Waals surface area contributed by atoms with Gasteiger partial charge in [-0.2, -0.15) is 0 Å². The SMILES string of the molecule is Cl.O=C(N[C@@H](C(=O)O)C1CCNCC1)OCc1ccccc1. The lowest BCUT2D eigenvalue weighted by Gasteiger charge is -2.28. The molecule has 0 saturated carbocycles. The first-order chi connectivity index (χ1) is 10.2. The maximum Gasteiger partial charge on any atom is 0.408 e. The Morgan fingerprint density at radius 1 is 1.27 bits per heavy atom. The Bertz CT molecular complexity index is 478. The zero-order valence-electron chi connectivity index (χ0n) is 12.2. The lowest BCUT2D eigenvalue weighted by molar-refractivity contribution is -0.141. The van der Waals surface area contributed by atoms with Crippen LogP contribution in [0.1, 0.15) is 18.4 Å². The number of nitrogens with one attached hydrogen (secondary N) is 2. The summed E-state index contributed by atoms with van der Waals surface area (Å²) in [5.74, 6) is -1.08. The van der Waals surface area contributed by atoms with Gasteiger partial charge in [0.1, 0.15) is 12.6 Å². The Morgan fingerprint density at radius 2 is 1.91 bits per heavy atom. The topological polar surface area (TPSA) is 87.7 Å². The average Bonchev–Trinajstić information content (AvgIpc) is 2.52. The second kappa shape index (κ2) is 9.27. The highest BCUT2D eigenvalue weighted by molar-refractivity contribution is 5.85. The molecule has 0 spiro atoms. The van der Waals surface area contributed by atoms with Gasteiger partial charge in [0.05, 0.1) is 0 Å². The van der Waals surface area contributed by atoms with Crippen molar-refractivity contribution in [3.05, 3.63) is 35.9 Å². The van der Waals surface area contributed by atoms with Gasteiger partial charge in [-0.1, -0.05) is 30.3 Å². The fourth-order valence-electron chi connectivity index (χ4n) is 2.45. The lowest BCUT2D eigenvalue weighted by Crippen LogP contribution is -2.49. The van der Waals surface area contributed by atoms with Crippen LogP contribution in [0.15, 0.2) is 30.3 Å². The number of carbonyl (C=O) groups is 2. The highest BCUT2D eigenvalue weighted by atomic mass is 35.5. The van der Waals surface area contributed by atoms with E-state index in [9.17, 15) is 14.7 Å². The fourth-order valence-corrected chi connectivity index (χ4v) is 2.45. The van der Waals surface area contributed by atoms with Crippen LogP contribution in [0.3, 0.4) is 0 Å². The summed E-state index contributed by atoms with van der Waals surface area (Å²) in [7, 11) is 0. The van der Waals surface area contributed by atoms with Crippen molar-refractivity contribution in [3.63, 3.8) is 0 Å². The van der Waals surface area contributed by atoms with Crippen molar-refractivity contribution < 1.29 is 19.4 Å². The number of piperidine rings is 1. The monoisotopic (exact) mass is 328 g/mol. The van der Waals surface area contributed by atoms with Crippen LogP contribution in [0.25, 0.3) is 0 Å². The summed E-state index contributed by atoms with van der Waals surface area (Å²) in [6, 6.07) is 8.37. The largest absolute Gasteiger partial charge is 0.480 e. The molecule has 7 heteroatoms. The van der Waals surface area contributed by atoms with Crippen molar-refractivity contribution in [2.75, 3.05) is 13.1 Å². The Labute approximate surface area is 135 Å². The number of alkyl carbamates (subject to hydrolysis) is 1. The molecule has 0 unspecified atom stereocenters. The van der Waals surface area contributed by atoms with Gasteiger partial charge < -0.3 is 20.5 Å². The number of carboxylic acids is 1. The first-order valence-electron chi connectivity index (χ1n) is 7.07. The van der Waals surface area contributed by atoms with E-state index < -0.39 is 18.1 Å². The summed E-state index contributed by atoms with van der Waals surface area (Å²) in [4.78, 5) is 23.1. The van der Waals surface area contributed by atoms with Crippen molar-refractivity contribution in [1.29, 1.82) is 0 Å². The molecule has 3 N–H and O–H groups in total. The molecule has 1 fully saturated rings. The minimum atomic E-state index is -1.02. The van der Waals surface area contributed by atoms with Gasteiger partial charge in [0.25, 0.3) is 0 Å². The van der Waals surface area contributed by atoms with E-state index in [1.807, 2.05) is 30.3 Å². The van der Waals surface area contributed by atoms with E-state index in [1.54, 1.807) is 0 Å². The molecule has 0 aliphatic carbocycles. The molecule has 122 valence electrons. The van der Waals surface area contributed by atoms with Crippen LogP contribution < -0.4 is 10.6 Å².